The van der Waals surface area contributed by atoms with Crippen molar-refractivity contribution in [1.29, 1.82) is 0 Å². The van der Waals surface area contributed by atoms with Crippen molar-refractivity contribution < 1.29 is 32.3 Å². The molecule has 0 unspecified atom stereocenters. The lowest BCUT2D eigenvalue weighted by Gasteiger charge is -2.32. The number of thioether (sulfide) groups is 1. The van der Waals surface area contributed by atoms with Gasteiger partial charge in [0, 0.05) is 5.92 Å². The number of esters is 1. The summed E-state index contributed by atoms with van der Waals surface area (Å²) in [5.41, 5.74) is -2.38. The van der Waals surface area contributed by atoms with Crippen LogP contribution in [0.1, 0.15) is 47.5 Å². The fourth-order valence-corrected chi connectivity index (χ4v) is 7.73. The summed E-state index contributed by atoms with van der Waals surface area (Å²) in [4.78, 5) is 38.4. The zero-order valence-electron chi connectivity index (χ0n) is 19.0. The Kier molecular flexibility index (Phi) is 7.95. The molecular formula is C20H34N2O7S2. The van der Waals surface area contributed by atoms with Crippen molar-refractivity contribution in [1.82, 2.24) is 10.6 Å². The summed E-state index contributed by atoms with van der Waals surface area (Å²) in [7, 11) is -3.55. The van der Waals surface area contributed by atoms with E-state index in [1.165, 1.54) is 11.8 Å². The Morgan fingerprint density at radius 1 is 1.23 bits per heavy atom. The van der Waals surface area contributed by atoms with Crippen LogP contribution in [0.4, 0.5) is 4.79 Å². The Bertz CT molecular complexity index is 809. The molecule has 1 aliphatic carbocycles. The van der Waals surface area contributed by atoms with Crippen LogP contribution < -0.4 is 10.6 Å². The SMILES string of the molecule is CCOC(=O)[C@]1(NC(=O)[C@@H](CCSC)NC(=O)OC(C)(C)C)CS(=O)(=O)[C@H]2[C@H](CC)[C@H]21. The van der Waals surface area contributed by atoms with E-state index in [0.717, 1.165) is 0 Å². The van der Waals surface area contributed by atoms with Crippen molar-refractivity contribution >= 4 is 39.6 Å². The fourth-order valence-electron chi connectivity index (χ4n) is 4.36. The van der Waals surface area contributed by atoms with E-state index in [4.69, 9.17) is 9.47 Å². The number of hydrogen-bond acceptors (Lipinski definition) is 8. The highest BCUT2D eigenvalue weighted by Gasteiger charge is 2.76. The van der Waals surface area contributed by atoms with Gasteiger partial charge in [-0.15, -0.1) is 0 Å². The maximum absolute atomic E-state index is 13.2. The molecule has 11 heteroatoms. The van der Waals surface area contributed by atoms with E-state index in [1.54, 1.807) is 27.7 Å². The van der Waals surface area contributed by atoms with Gasteiger partial charge in [0.2, 0.25) is 5.91 Å². The first-order chi connectivity index (χ1) is 14.3. The molecule has 2 rings (SSSR count). The molecule has 0 aromatic rings. The van der Waals surface area contributed by atoms with Gasteiger partial charge in [-0.2, -0.15) is 11.8 Å². The van der Waals surface area contributed by atoms with Crippen LogP contribution in [0.5, 0.6) is 0 Å². The molecule has 1 heterocycles. The lowest BCUT2D eigenvalue weighted by atomic mass is 9.92. The van der Waals surface area contributed by atoms with E-state index in [9.17, 15) is 22.8 Å². The zero-order chi connectivity index (χ0) is 23.6. The number of rotatable bonds is 9. The first-order valence-corrected chi connectivity index (χ1v) is 13.6. The molecular weight excluding hydrogens is 444 g/mol. The summed E-state index contributed by atoms with van der Waals surface area (Å²) in [6, 6.07) is -0.978. The number of fused-ring (bicyclic) bond motifs is 1. The average Bonchev–Trinajstić information content (AvgIpc) is 3.34. The molecule has 1 saturated heterocycles. The monoisotopic (exact) mass is 478 g/mol. The Balaban J connectivity index is 2.28. The van der Waals surface area contributed by atoms with Crippen molar-refractivity contribution in [3.05, 3.63) is 0 Å². The van der Waals surface area contributed by atoms with Crippen molar-refractivity contribution in [3.63, 3.8) is 0 Å². The number of carbonyl (C=O) groups excluding carboxylic acids is 3. The molecule has 2 aliphatic rings. The molecule has 0 spiro atoms. The van der Waals surface area contributed by atoms with E-state index < -0.39 is 61.9 Å². The van der Waals surface area contributed by atoms with Crippen molar-refractivity contribution in [2.45, 2.75) is 69.9 Å². The van der Waals surface area contributed by atoms with Crippen molar-refractivity contribution in [3.8, 4) is 0 Å². The maximum Gasteiger partial charge on any atom is 0.408 e. The van der Waals surface area contributed by atoms with Crippen LogP contribution >= 0.6 is 11.8 Å². The van der Waals surface area contributed by atoms with Crippen molar-refractivity contribution in [2.75, 3.05) is 24.4 Å². The number of amides is 2. The molecule has 0 aromatic heterocycles. The van der Waals surface area contributed by atoms with Gasteiger partial charge in [0.15, 0.2) is 15.4 Å². The van der Waals surface area contributed by atoms with Crippen LogP contribution in [-0.4, -0.2) is 73.2 Å². The van der Waals surface area contributed by atoms with Gasteiger partial charge in [0.05, 0.1) is 17.6 Å². The van der Waals surface area contributed by atoms with Gasteiger partial charge >= 0.3 is 12.1 Å². The molecule has 2 fully saturated rings. The third kappa shape index (κ3) is 5.66. The lowest BCUT2D eigenvalue weighted by Crippen LogP contribution is -2.63. The predicted molar refractivity (Wildman–Crippen MR) is 119 cm³/mol. The van der Waals surface area contributed by atoms with Gasteiger partial charge < -0.3 is 20.1 Å². The second-order valence-corrected chi connectivity index (χ2v) is 12.2. The largest absolute Gasteiger partial charge is 0.464 e. The van der Waals surface area contributed by atoms with Crippen LogP contribution in [0.25, 0.3) is 0 Å². The molecule has 5 atom stereocenters. The summed E-state index contributed by atoms with van der Waals surface area (Å²) in [6.07, 6.45) is 1.99. The Morgan fingerprint density at radius 2 is 1.87 bits per heavy atom. The van der Waals surface area contributed by atoms with Gasteiger partial charge in [0.1, 0.15) is 11.6 Å². The number of nitrogens with one attached hydrogen (secondary N) is 2. The molecule has 9 nitrogen and oxygen atoms in total. The highest BCUT2D eigenvalue weighted by Crippen LogP contribution is 2.59. The minimum atomic E-state index is -3.55. The van der Waals surface area contributed by atoms with Crippen LogP contribution in [0.15, 0.2) is 0 Å². The predicted octanol–water partition coefficient (Wildman–Crippen LogP) is 1.50. The van der Waals surface area contributed by atoms with Crippen LogP contribution in [0, 0.1) is 11.8 Å². The third-order valence-electron chi connectivity index (χ3n) is 5.58. The van der Waals surface area contributed by atoms with E-state index in [1.807, 2.05) is 13.2 Å². The number of alkyl carbamates (subject to hydrolysis) is 1. The van der Waals surface area contributed by atoms with E-state index in [0.29, 0.717) is 18.6 Å². The summed E-state index contributed by atoms with van der Waals surface area (Å²) in [5, 5.41) is 4.60. The standard InChI is InChI=1S/C20H34N2O7S2/c1-7-12-14-15(12)31(26,27)11-20(14,17(24)28-8-2)22-16(23)13(9-10-30-6)21-18(25)29-19(3,4)5/h12-15H,7-11H2,1-6H3,(H,21,25)(H,22,23)/t12-,13-,14-,15+,20+/m1/s1. The first-order valence-electron chi connectivity index (χ1n) is 10.5. The van der Waals surface area contributed by atoms with E-state index >= 15 is 0 Å². The Morgan fingerprint density at radius 3 is 2.35 bits per heavy atom. The second kappa shape index (κ2) is 9.56. The molecule has 2 amide bonds. The Hall–Kier alpha value is -1.49. The number of hydrogen-bond donors (Lipinski definition) is 2. The smallest absolute Gasteiger partial charge is 0.408 e. The quantitative estimate of drug-likeness (QED) is 0.477. The first kappa shape index (κ1) is 25.8. The summed E-state index contributed by atoms with van der Waals surface area (Å²) in [6.45, 7) is 8.69. The highest BCUT2D eigenvalue weighted by molar-refractivity contribution is 7.98. The molecule has 1 saturated carbocycles. The number of ether oxygens (including phenoxy) is 2. The number of sulfone groups is 1. The summed E-state index contributed by atoms with van der Waals surface area (Å²) >= 11 is 1.50. The summed E-state index contributed by atoms with van der Waals surface area (Å²) < 4.78 is 35.8. The molecule has 31 heavy (non-hydrogen) atoms. The molecule has 0 aromatic carbocycles. The molecule has 0 bridgehead atoms. The molecule has 0 radical (unpaired) electrons. The maximum atomic E-state index is 13.2. The van der Waals surface area contributed by atoms with Crippen LogP contribution in [-0.2, 0) is 28.9 Å². The van der Waals surface area contributed by atoms with Crippen molar-refractivity contribution in [2.24, 2.45) is 11.8 Å². The van der Waals surface area contributed by atoms with Gasteiger partial charge in [-0.05, 0) is 52.0 Å². The minimum Gasteiger partial charge on any atom is -0.464 e. The normalized spacial score (nSPS) is 29.4. The van der Waals surface area contributed by atoms with E-state index in [2.05, 4.69) is 10.6 Å². The fraction of sp³-hybridized carbons (Fsp3) is 0.850. The zero-order valence-corrected chi connectivity index (χ0v) is 20.7. The molecule has 178 valence electrons. The molecule has 2 N–H and O–H groups in total. The third-order valence-corrected chi connectivity index (χ3v) is 8.56. The lowest BCUT2D eigenvalue weighted by molar-refractivity contribution is -0.153. The number of carbonyl (C=O) groups is 3. The van der Waals surface area contributed by atoms with Gasteiger partial charge in [-0.25, -0.2) is 18.0 Å². The Labute approximate surface area is 188 Å². The minimum absolute atomic E-state index is 0.0662. The summed E-state index contributed by atoms with van der Waals surface area (Å²) in [5.74, 6) is -2.00. The van der Waals surface area contributed by atoms with Gasteiger partial charge in [-0.1, -0.05) is 13.3 Å². The highest BCUT2D eigenvalue weighted by atomic mass is 32.2. The average molecular weight is 479 g/mol. The second-order valence-electron chi connectivity index (χ2n) is 9.03. The van der Waals surface area contributed by atoms with Crippen LogP contribution in [0.3, 0.4) is 0 Å². The topological polar surface area (TPSA) is 128 Å². The molecule has 1 aliphatic heterocycles. The van der Waals surface area contributed by atoms with Gasteiger partial charge in [-0.3, -0.25) is 4.79 Å². The van der Waals surface area contributed by atoms with Crippen LogP contribution in [0.2, 0.25) is 0 Å². The van der Waals surface area contributed by atoms with E-state index in [-0.39, 0.29) is 12.5 Å². The van der Waals surface area contributed by atoms with Gasteiger partial charge in [0.25, 0.3) is 0 Å².